The Morgan fingerprint density at radius 3 is 2.64 bits per heavy atom. The highest BCUT2D eigenvalue weighted by atomic mass is 32.2. The van der Waals surface area contributed by atoms with Gasteiger partial charge in [0.05, 0.1) is 17.0 Å². The molecule has 9 heteroatoms. The lowest BCUT2D eigenvalue weighted by molar-refractivity contribution is -0.139. The van der Waals surface area contributed by atoms with Crippen molar-refractivity contribution in [3.05, 3.63) is 35.0 Å². The molecule has 1 aliphatic rings. The molecule has 1 saturated heterocycles. The molecular weight excluding hydrogens is 389 g/mol. The minimum atomic E-state index is -4.60. The van der Waals surface area contributed by atoms with Crippen molar-refractivity contribution in [3.63, 3.8) is 0 Å². The third-order valence-corrected chi connectivity index (χ3v) is 5.63. The summed E-state index contributed by atoms with van der Waals surface area (Å²) in [6, 6.07) is 3.80. The van der Waals surface area contributed by atoms with Gasteiger partial charge in [0.1, 0.15) is 5.75 Å². The second-order valence-corrected chi connectivity index (χ2v) is 8.00. The lowest BCUT2D eigenvalue weighted by atomic mass is 9.93. The van der Waals surface area contributed by atoms with Crippen LogP contribution in [0.3, 0.4) is 0 Å². The molecule has 1 atom stereocenters. The average Bonchev–Trinajstić information content (AvgIpc) is 2.61. The number of halogens is 3. The highest BCUT2D eigenvalue weighted by Gasteiger charge is 2.35. The number of likely N-dealkylation sites (tertiary alicyclic amines) is 1. The number of nitrogens with zero attached hydrogens (tertiary/aromatic N) is 3. The number of benzene rings is 1. The molecule has 5 nitrogen and oxygen atoms in total. The van der Waals surface area contributed by atoms with Crippen molar-refractivity contribution in [2.75, 3.05) is 20.1 Å². The summed E-state index contributed by atoms with van der Waals surface area (Å²) in [6.45, 7) is 3.93. The molecule has 1 fully saturated rings. The predicted molar refractivity (Wildman–Crippen MR) is 103 cm³/mol. The zero-order chi connectivity index (χ0) is 20.5. The third-order valence-electron chi connectivity index (χ3n) is 5.04. The summed E-state index contributed by atoms with van der Waals surface area (Å²) in [4.78, 5) is 2.13. The van der Waals surface area contributed by atoms with Gasteiger partial charge in [-0.1, -0.05) is 0 Å². The van der Waals surface area contributed by atoms with E-state index in [1.165, 1.54) is 6.07 Å². The monoisotopic (exact) mass is 412 g/mol. The first kappa shape index (κ1) is 20.9. The fraction of sp³-hybridized carbons (Fsp3) is 0.474. The second-order valence-electron chi connectivity index (χ2n) is 7.32. The Bertz CT molecular complexity index is 860. The summed E-state index contributed by atoms with van der Waals surface area (Å²) in [5.41, 5.74) is 1.17. The molecule has 1 unspecified atom stereocenters. The fourth-order valence-corrected chi connectivity index (χ4v) is 4.21. The molecule has 0 amide bonds. The molecule has 2 heterocycles. The van der Waals surface area contributed by atoms with Gasteiger partial charge in [-0.25, -0.2) is 0 Å². The van der Waals surface area contributed by atoms with E-state index >= 15 is 0 Å². The maximum Gasteiger partial charge on any atom is 0.417 e. The van der Waals surface area contributed by atoms with Crippen molar-refractivity contribution in [1.29, 1.82) is 0 Å². The Morgan fingerprint density at radius 2 is 2.04 bits per heavy atom. The van der Waals surface area contributed by atoms with Crippen LogP contribution in [0.4, 0.5) is 13.2 Å². The van der Waals surface area contributed by atoms with Crippen molar-refractivity contribution >= 4 is 11.9 Å². The van der Waals surface area contributed by atoms with Gasteiger partial charge in [0.15, 0.2) is 0 Å². The van der Waals surface area contributed by atoms with Crippen molar-refractivity contribution in [3.8, 4) is 17.0 Å². The standard InChI is InChI=1S/C19H23F3N4OS/c1-11-6-13(7-12-4-3-5-26(2)10-12)24-25-18(11)14-8-17(28-23)15(9-16(14)27)19(20,21)22/h6,8-9,12,27H,3-5,7,10,23H2,1-2H3. The normalized spacial score (nSPS) is 18.4. The van der Waals surface area contributed by atoms with Crippen LogP contribution in [0.25, 0.3) is 11.3 Å². The van der Waals surface area contributed by atoms with Gasteiger partial charge in [0, 0.05) is 17.0 Å². The molecule has 152 valence electrons. The van der Waals surface area contributed by atoms with Crippen molar-refractivity contribution < 1.29 is 18.3 Å². The predicted octanol–water partition coefficient (Wildman–Crippen LogP) is 4.03. The summed E-state index contributed by atoms with van der Waals surface area (Å²) in [6.07, 6.45) is -1.50. The van der Waals surface area contributed by atoms with Crippen LogP contribution < -0.4 is 5.14 Å². The second kappa shape index (κ2) is 8.26. The van der Waals surface area contributed by atoms with E-state index in [9.17, 15) is 18.3 Å². The number of hydrogen-bond acceptors (Lipinski definition) is 6. The smallest absolute Gasteiger partial charge is 0.417 e. The van der Waals surface area contributed by atoms with E-state index in [1.807, 2.05) is 13.0 Å². The maximum absolute atomic E-state index is 13.1. The molecule has 0 bridgehead atoms. The molecule has 3 N–H and O–H groups in total. The quantitative estimate of drug-likeness (QED) is 0.739. The molecule has 0 spiro atoms. The Balaban J connectivity index is 1.90. The molecule has 1 aliphatic heterocycles. The summed E-state index contributed by atoms with van der Waals surface area (Å²) in [5.74, 6) is 0.0159. The third kappa shape index (κ3) is 4.59. The lowest BCUT2D eigenvalue weighted by Gasteiger charge is -2.29. The first-order valence-corrected chi connectivity index (χ1v) is 9.90. The molecule has 2 aromatic rings. The summed E-state index contributed by atoms with van der Waals surface area (Å²) in [7, 11) is 2.10. The lowest BCUT2D eigenvalue weighted by Crippen LogP contribution is -2.33. The molecule has 1 aromatic carbocycles. The first-order valence-electron chi connectivity index (χ1n) is 9.02. The van der Waals surface area contributed by atoms with Crippen molar-refractivity contribution in [1.82, 2.24) is 15.1 Å². The van der Waals surface area contributed by atoms with E-state index in [0.29, 0.717) is 29.6 Å². The Morgan fingerprint density at radius 1 is 1.29 bits per heavy atom. The number of aromatic hydroxyl groups is 1. The van der Waals surface area contributed by atoms with E-state index < -0.39 is 17.5 Å². The van der Waals surface area contributed by atoms with Crippen LogP contribution in [0.2, 0.25) is 0 Å². The number of aromatic nitrogens is 2. The van der Waals surface area contributed by atoms with E-state index in [0.717, 1.165) is 43.6 Å². The van der Waals surface area contributed by atoms with E-state index in [2.05, 4.69) is 22.1 Å². The van der Waals surface area contributed by atoms with Gasteiger partial charge in [-0.15, -0.1) is 5.10 Å². The summed E-state index contributed by atoms with van der Waals surface area (Å²) in [5, 5.41) is 24.1. The van der Waals surface area contributed by atoms with Gasteiger partial charge in [-0.05, 0) is 81.4 Å². The topological polar surface area (TPSA) is 75.3 Å². The van der Waals surface area contributed by atoms with Gasteiger partial charge < -0.3 is 10.0 Å². The maximum atomic E-state index is 13.1. The van der Waals surface area contributed by atoms with Crippen molar-refractivity contribution in [2.45, 2.75) is 37.3 Å². The van der Waals surface area contributed by atoms with Crippen LogP contribution >= 0.6 is 11.9 Å². The number of aryl methyl sites for hydroxylation is 1. The van der Waals surface area contributed by atoms with Crippen LogP contribution in [0.15, 0.2) is 23.1 Å². The Labute approximate surface area is 166 Å². The molecule has 1 aromatic heterocycles. The molecule has 3 rings (SSSR count). The van der Waals surface area contributed by atoms with Gasteiger partial charge in [0.25, 0.3) is 0 Å². The van der Waals surface area contributed by atoms with Gasteiger partial charge in [0.2, 0.25) is 0 Å². The number of hydrogen-bond donors (Lipinski definition) is 2. The minimum absolute atomic E-state index is 0.171. The molecule has 0 radical (unpaired) electrons. The average molecular weight is 412 g/mol. The number of phenols is 1. The minimum Gasteiger partial charge on any atom is -0.507 e. The van der Waals surface area contributed by atoms with E-state index in [-0.39, 0.29) is 10.5 Å². The van der Waals surface area contributed by atoms with Crippen molar-refractivity contribution in [2.24, 2.45) is 11.1 Å². The fourth-order valence-electron chi connectivity index (χ4n) is 3.72. The highest BCUT2D eigenvalue weighted by Crippen LogP contribution is 2.42. The van der Waals surface area contributed by atoms with Gasteiger partial charge >= 0.3 is 6.18 Å². The van der Waals surface area contributed by atoms with E-state index in [1.54, 1.807) is 0 Å². The number of alkyl halides is 3. The zero-order valence-electron chi connectivity index (χ0n) is 15.8. The van der Waals surface area contributed by atoms with Crippen LogP contribution in [0.1, 0.15) is 29.7 Å². The largest absolute Gasteiger partial charge is 0.507 e. The van der Waals surface area contributed by atoms with Crippen LogP contribution in [0.5, 0.6) is 5.75 Å². The van der Waals surface area contributed by atoms with Crippen LogP contribution in [-0.2, 0) is 12.6 Å². The number of nitrogens with two attached hydrogens (primary N) is 1. The summed E-state index contributed by atoms with van der Waals surface area (Å²) >= 11 is 0.488. The molecule has 0 saturated carbocycles. The van der Waals surface area contributed by atoms with Gasteiger partial charge in [-0.2, -0.15) is 18.3 Å². The van der Waals surface area contributed by atoms with Crippen LogP contribution in [0, 0.1) is 12.8 Å². The Hall–Kier alpha value is -1.84. The molecule has 28 heavy (non-hydrogen) atoms. The highest BCUT2D eigenvalue weighted by molar-refractivity contribution is 7.97. The number of piperidine rings is 1. The van der Waals surface area contributed by atoms with E-state index in [4.69, 9.17) is 5.14 Å². The van der Waals surface area contributed by atoms with Gasteiger partial charge in [-0.3, -0.25) is 5.14 Å². The molecule has 0 aliphatic carbocycles. The summed E-state index contributed by atoms with van der Waals surface area (Å²) < 4.78 is 39.4. The number of phenolic OH excluding ortho intramolecular Hbond substituents is 1. The first-order chi connectivity index (χ1) is 13.2. The SMILES string of the molecule is Cc1cc(CC2CCCN(C)C2)nnc1-c1cc(SN)c(C(F)(F)F)cc1O. The van der Waals surface area contributed by atoms with Crippen LogP contribution in [-0.4, -0.2) is 40.3 Å². The number of rotatable bonds is 4. The Kier molecular flexibility index (Phi) is 6.16. The molecular formula is C19H23F3N4OS. The zero-order valence-corrected chi connectivity index (χ0v) is 16.6.